The maximum Gasteiger partial charge on any atom is 0.252 e. The second kappa shape index (κ2) is 11.9. The van der Waals surface area contributed by atoms with Gasteiger partial charge in [0, 0.05) is 50.5 Å². The quantitative estimate of drug-likeness (QED) is 0.163. The van der Waals surface area contributed by atoms with Gasteiger partial charge in [-0.05, 0) is 123 Å². The summed E-state index contributed by atoms with van der Waals surface area (Å²) in [6.45, 7) is 0.113. The highest BCUT2D eigenvalue weighted by Gasteiger charge is 2.50. The van der Waals surface area contributed by atoms with Crippen molar-refractivity contribution in [2.45, 2.75) is 75.0 Å². The molecular formula is C54H45BN2. The zero-order valence-corrected chi connectivity index (χ0v) is 32.5. The molecule has 13 rings (SSSR count). The normalized spacial score (nSPS) is 18.4. The highest BCUT2D eigenvalue weighted by molar-refractivity contribution is 7.00. The molecule has 57 heavy (non-hydrogen) atoms. The lowest BCUT2D eigenvalue weighted by Crippen LogP contribution is -2.61. The van der Waals surface area contributed by atoms with Crippen molar-refractivity contribution >= 4 is 57.2 Å². The average molecular weight is 733 g/mol. The Kier molecular flexibility index (Phi) is 6.73. The smallest absolute Gasteiger partial charge is 0.252 e. The maximum atomic E-state index is 2.64. The molecule has 0 saturated heterocycles. The molecule has 0 N–H and O–H groups in total. The fourth-order valence-corrected chi connectivity index (χ4v) is 13.0. The van der Waals surface area contributed by atoms with Crippen molar-refractivity contribution in [3.8, 4) is 22.3 Å². The monoisotopic (exact) mass is 732 g/mol. The number of para-hydroxylation sites is 2. The van der Waals surface area contributed by atoms with E-state index >= 15 is 0 Å². The van der Waals surface area contributed by atoms with E-state index in [2.05, 4.69) is 161 Å². The van der Waals surface area contributed by atoms with E-state index in [0.29, 0.717) is 0 Å². The lowest BCUT2D eigenvalue weighted by molar-refractivity contribution is 0.353. The van der Waals surface area contributed by atoms with E-state index in [1.807, 2.05) is 0 Å². The van der Waals surface area contributed by atoms with Gasteiger partial charge in [0.15, 0.2) is 0 Å². The summed E-state index contributed by atoms with van der Waals surface area (Å²) in [5.41, 5.74) is 24.1. The lowest BCUT2D eigenvalue weighted by atomic mass is 9.33. The molecule has 6 aliphatic rings. The molecule has 7 aromatic rings. The van der Waals surface area contributed by atoms with Crippen molar-refractivity contribution in [1.82, 2.24) is 0 Å². The van der Waals surface area contributed by atoms with Crippen LogP contribution in [0.4, 0.5) is 34.1 Å². The Balaban J connectivity index is 1.07. The Hall–Kier alpha value is -5.80. The van der Waals surface area contributed by atoms with Gasteiger partial charge in [-0.15, -0.1) is 0 Å². The molecule has 2 fully saturated rings. The molecule has 2 saturated carbocycles. The van der Waals surface area contributed by atoms with Gasteiger partial charge in [0.2, 0.25) is 0 Å². The Morgan fingerprint density at radius 2 is 0.982 bits per heavy atom. The Morgan fingerprint density at radius 1 is 0.386 bits per heavy atom. The Bertz CT molecular complexity index is 2790. The number of anilines is 6. The van der Waals surface area contributed by atoms with Crippen molar-refractivity contribution in [1.29, 1.82) is 0 Å². The zero-order valence-electron chi connectivity index (χ0n) is 32.5. The van der Waals surface area contributed by atoms with E-state index < -0.39 is 0 Å². The van der Waals surface area contributed by atoms with Gasteiger partial charge in [0.25, 0.3) is 6.71 Å². The van der Waals surface area contributed by atoms with Crippen LogP contribution in [0.25, 0.3) is 22.3 Å². The number of rotatable bonds is 2. The summed E-state index contributed by atoms with van der Waals surface area (Å²) in [7, 11) is 0. The van der Waals surface area contributed by atoms with Gasteiger partial charge >= 0.3 is 0 Å². The Labute approximate surface area is 336 Å². The SMILES string of the molecule is c1ccc(N2c3cccc4c3B(c3ccccc3N4c3ccc4c(c3)C3(CCCCC3)c3ccccc3-4)c3ccc4c(c32)-c2ccccc2C42CCCCC2)cc1. The van der Waals surface area contributed by atoms with Crippen LogP contribution in [-0.4, -0.2) is 6.71 Å². The summed E-state index contributed by atoms with van der Waals surface area (Å²) in [6, 6.07) is 58.9. The van der Waals surface area contributed by atoms with Gasteiger partial charge in [-0.1, -0.05) is 148 Å². The van der Waals surface area contributed by atoms with Crippen LogP contribution in [0, 0.1) is 0 Å². The van der Waals surface area contributed by atoms with Crippen molar-refractivity contribution in [3.63, 3.8) is 0 Å². The van der Waals surface area contributed by atoms with Crippen molar-refractivity contribution in [2.75, 3.05) is 9.80 Å². The molecule has 0 unspecified atom stereocenters. The fraction of sp³-hybridized carbons (Fsp3) is 0.222. The van der Waals surface area contributed by atoms with Gasteiger partial charge in [-0.2, -0.15) is 0 Å². The zero-order chi connectivity index (χ0) is 37.3. The predicted molar refractivity (Wildman–Crippen MR) is 239 cm³/mol. The van der Waals surface area contributed by atoms with E-state index in [-0.39, 0.29) is 17.5 Å². The first-order valence-corrected chi connectivity index (χ1v) is 21.7. The summed E-state index contributed by atoms with van der Waals surface area (Å²) < 4.78 is 0. The summed E-state index contributed by atoms with van der Waals surface area (Å²) in [5.74, 6) is 0. The summed E-state index contributed by atoms with van der Waals surface area (Å²) in [4.78, 5) is 5.25. The topological polar surface area (TPSA) is 6.48 Å². The van der Waals surface area contributed by atoms with Crippen LogP contribution in [-0.2, 0) is 10.8 Å². The van der Waals surface area contributed by atoms with E-state index in [4.69, 9.17) is 0 Å². The van der Waals surface area contributed by atoms with Crippen molar-refractivity contribution < 1.29 is 0 Å². The second-order valence-electron chi connectivity index (χ2n) is 17.7. The van der Waals surface area contributed by atoms with Gasteiger partial charge in [-0.25, -0.2) is 0 Å². The van der Waals surface area contributed by atoms with E-state index in [1.165, 1.54) is 143 Å². The maximum absolute atomic E-state index is 2.64. The van der Waals surface area contributed by atoms with E-state index in [0.717, 1.165) is 0 Å². The van der Waals surface area contributed by atoms with Crippen molar-refractivity contribution in [2.24, 2.45) is 0 Å². The molecule has 0 atom stereocenters. The van der Waals surface area contributed by atoms with Crippen LogP contribution in [0.15, 0.2) is 152 Å². The summed E-state index contributed by atoms with van der Waals surface area (Å²) in [6.07, 6.45) is 12.8. The molecule has 0 amide bonds. The molecule has 2 spiro atoms. The van der Waals surface area contributed by atoms with Crippen LogP contribution in [0.1, 0.15) is 86.5 Å². The molecule has 0 aromatic heterocycles. The number of nitrogens with zero attached hydrogens (tertiary/aromatic N) is 2. The molecular weight excluding hydrogens is 687 g/mol. The average Bonchev–Trinajstić information content (AvgIpc) is 3.70. The van der Waals surface area contributed by atoms with Crippen LogP contribution in [0.2, 0.25) is 0 Å². The first-order valence-electron chi connectivity index (χ1n) is 21.7. The number of hydrogen-bond donors (Lipinski definition) is 0. The van der Waals surface area contributed by atoms with Gasteiger partial charge in [0.05, 0.1) is 0 Å². The highest BCUT2D eigenvalue weighted by Crippen LogP contribution is 2.60. The third-order valence-corrected chi connectivity index (χ3v) is 15.2. The van der Waals surface area contributed by atoms with E-state index in [1.54, 1.807) is 16.7 Å². The van der Waals surface area contributed by atoms with Gasteiger partial charge in [-0.3, -0.25) is 0 Å². The largest absolute Gasteiger partial charge is 0.311 e. The molecule has 2 nitrogen and oxygen atoms in total. The fourth-order valence-electron chi connectivity index (χ4n) is 13.0. The number of fused-ring (bicyclic) bond motifs is 15. The highest BCUT2D eigenvalue weighted by atomic mass is 15.2. The third-order valence-electron chi connectivity index (χ3n) is 15.2. The van der Waals surface area contributed by atoms with E-state index in [9.17, 15) is 0 Å². The molecule has 0 radical (unpaired) electrons. The molecule has 2 aliphatic heterocycles. The number of benzene rings is 7. The summed E-state index contributed by atoms with van der Waals surface area (Å²) >= 11 is 0. The van der Waals surface area contributed by atoms with Gasteiger partial charge in [0.1, 0.15) is 0 Å². The lowest BCUT2D eigenvalue weighted by Gasteiger charge is -2.45. The predicted octanol–water partition coefficient (Wildman–Crippen LogP) is 12.2. The third kappa shape index (κ3) is 4.17. The van der Waals surface area contributed by atoms with Crippen molar-refractivity contribution in [3.05, 3.63) is 174 Å². The molecule has 4 aliphatic carbocycles. The minimum atomic E-state index is 0.0912. The molecule has 274 valence electrons. The summed E-state index contributed by atoms with van der Waals surface area (Å²) in [5, 5.41) is 0. The van der Waals surface area contributed by atoms with Gasteiger partial charge < -0.3 is 9.80 Å². The van der Waals surface area contributed by atoms with Crippen LogP contribution in [0.5, 0.6) is 0 Å². The molecule has 0 bridgehead atoms. The minimum Gasteiger partial charge on any atom is -0.311 e. The Morgan fingerprint density at radius 3 is 1.75 bits per heavy atom. The molecule has 7 aromatic carbocycles. The van der Waals surface area contributed by atoms with Crippen LogP contribution in [0.3, 0.4) is 0 Å². The number of hydrogen-bond acceptors (Lipinski definition) is 2. The first kappa shape index (κ1) is 32.3. The second-order valence-corrected chi connectivity index (χ2v) is 17.7. The molecule has 3 heteroatoms. The standard InChI is InChI=1S/C54H45BN2/c1-4-17-36(18-5-1)57-49-26-16-25-48-51(49)55(46-30-29-43-50(52(46)57)40-20-7-9-22-42(40)53(43)31-12-2-13-32-53)45-23-10-11-24-47(45)56(48)37-27-28-39-38-19-6-8-21-41(38)54(44(39)35-37)33-14-3-15-34-54/h1,4-11,16-30,35H,2-3,12-15,31-34H2. The first-order chi connectivity index (χ1) is 28.3. The van der Waals surface area contributed by atoms with Crippen LogP contribution < -0.4 is 26.2 Å². The molecule has 2 heterocycles. The van der Waals surface area contributed by atoms with Crippen LogP contribution >= 0.6 is 0 Å². The minimum absolute atomic E-state index is 0.0912.